The van der Waals surface area contributed by atoms with Crippen molar-refractivity contribution in [2.45, 2.75) is 11.3 Å². The smallest absolute Gasteiger partial charge is 0.255 e. The van der Waals surface area contributed by atoms with Crippen molar-refractivity contribution in [3.8, 4) is 0 Å². The SMILES string of the molecule is O=C1Cc2ccc(C(=O)Nc3ccc(SNc4ccccc4)cc3)cc2N1. The zero-order valence-corrected chi connectivity index (χ0v) is 15.2. The highest BCUT2D eigenvalue weighted by Gasteiger charge is 2.19. The Morgan fingerprint density at radius 3 is 2.48 bits per heavy atom. The number of hydrogen-bond donors (Lipinski definition) is 3. The maximum atomic E-state index is 12.4. The number of amides is 2. The summed E-state index contributed by atoms with van der Waals surface area (Å²) in [4.78, 5) is 24.9. The first kappa shape index (κ1) is 17.2. The lowest BCUT2D eigenvalue weighted by atomic mass is 10.1. The lowest BCUT2D eigenvalue weighted by molar-refractivity contribution is -0.115. The Hall–Kier alpha value is -3.25. The van der Waals surface area contributed by atoms with Crippen LogP contribution in [0.1, 0.15) is 15.9 Å². The van der Waals surface area contributed by atoms with E-state index in [1.54, 1.807) is 12.1 Å². The summed E-state index contributed by atoms with van der Waals surface area (Å²) < 4.78 is 3.27. The predicted octanol–water partition coefficient (Wildman–Crippen LogP) is 4.55. The van der Waals surface area contributed by atoms with E-state index >= 15 is 0 Å². The normalized spacial score (nSPS) is 12.2. The number of nitrogens with one attached hydrogen (secondary N) is 3. The van der Waals surface area contributed by atoms with Crippen LogP contribution in [0, 0.1) is 0 Å². The summed E-state index contributed by atoms with van der Waals surface area (Å²) in [6.07, 6.45) is 0.368. The molecule has 0 bridgehead atoms. The van der Waals surface area contributed by atoms with Crippen molar-refractivity contribution in [2.75, 3.05) is 15.4 Å². The van der Waals surface area contributed by atoms with Crippen LogP contribution in [-0.4, -0.2) is 11.8 Å². The van der Waals surface area contributed by atoms with Gasteiger partial charge in [-0.15, -0.1) is 0 Å². The van der Waals surface area contributed by atoms with Gasteiger partial charge in [-0.2, -0.15) is 0 Å². The van der Waals surface area contributed by atoms with Crippen LogP contribution in [0.3, 0.4) is 0 Å². The summed E-state index contributed by atoms with van der Waals surface area (Å²) in [6.45, 7) is 0. The second kappa shape index (κ2) is 7.55. The van der Waals surface area contributed by atoms with E-state index in [0.717, 1.165) is 16.1 Å². The molecule has 134 valence electrons. The molecule has 0 fully saturated rings. The Balaban J connectivity index is 1.37. The van der Waals surface area contributed by atoms with Gasteiger partial charge < -0.3 is 15.4 Å². The second-order valence-electron chi connectivity index (χ2n) is 6.15. The molecule has 0 saturated heterocycles. The molecule has 27 heavy (non-hydrogen) atoms. The number of benzene rings is 3. The number of para-hydroxylation sites is 1. The molecule has 2 amide bonds. The average Bonchev–Trinajstić information content (AvgIpc) is 3.07. The van der Waals surface area contributed by atoms with Crippen LogP contribution in [-0.2, 0) is 11.2 Å². The molecule has 3 aromatic carbocycles. The van der Waals surface area contributed by atoms with Gasteiger partial charge in [0.25, 0.3) is 5.91 Å². The molecular formula is C21H17N3O2S. The Kier molecular flexibility index (Phi) is 4.80. The molecule has 1 aliphatic rings. The summed E-state index contributed by atoms with van der Waals surface area (Å²) in [7, 11) is 0. The molecule has 1 heterocycles. The minimum atomic E-state index is -0.207. The van der Waals surface area contributed by atoms with Gasteiger partial charge in [0.05, 0.1) is 6.42 Å². The number of hydrogen-bond acceptors (Lipinski definition) is 4. The Morgan fingerprint density at radius 2 is 1.70 bits per heavy atom. The van der Waals surface area contributed by atoms with E-state index in [1.165, 1.54) is 11.9 Å². The van der Waals surface area contributed by atoms with Gasteiger partial charge >= 0.3 is 0 Å². The largest absolute Gasteiger partial charge is 0.326 e. The molecule has 3 aromatic rings. The van der Waals surface area contributed by atoms with E-state index in [-0.39, 0.29) is 11.8 Å². The summed E-state index contributed by atoms with van der Waals surface area (Å²) >= 11 is 1.51. The quantitative estimate of drug-likeness (QED) is 0.572. The van der Waals surface area contributed by atoms with E-state index in [0.29, 0.717) is 23.4 Å². The zero-order valence-electron chi connectivity index (χ0n) is 14.4. The topological polar surface area (TPSA) is 70.2 Å². The first-order valence-corrected chi connectivity index (χ1v) is 9.31. The Morgan fingerprint density at radius 1 is 0.926 bits per heavy atom. The number of fused-ring (bicyclic) bond motifs is 1. The summed E-state index contributed by atoms with van der Waals surface area (Å²) in [5.41, 5.74) is 3.90. The van der Waals surface area contributed by atoms with Gasteiger partial charge in [0.2, 0.25) is 5.91 Å². The highest BCUT2D eigenvalue weighted by atomic mass is 32.2. The fraction of sp³-hybridized carbons (Fsp3) is 0.0476. The van der Waals surface area contributed by atoms with Crippen molar-refractivity contribution < 1.29 is 9.59 Å². The molecule has 0 aromatic heterocycles. The third-order valence-electron chi connectivity index (χ3n) is 4.17. The highest BCUT2D eigenvalue weighted by molar-refractivity contribution is 8.00. The predicted molar refractivity (Wildman–Crippen MR) is 109 cm³/mol. The minimum Gasteiger partial charge on any atom is -0.326 e. The van der Waals surface area contributed by atoms with E-state index in [4.69, 9.17) is 0 Å². The highest BCUT2D eigenvalue weighted by Crippen LogP contribution is 2.25. The van der Waals surface area contributed by atoms with Crippen molar-refractivity contribution in [1.29, 1.82) is 0 Å². The maximum Gasteiger partial charge on any atom is 0.255 e. The van der Waals surface area contributed by atoms with Crippen LogP contribution in [0.15, 0.2) is 77.7 Å². The molecule has 6 heteroatoms. The maximum absolute atomic E-state index is 12.4. The van der Waals surface area contributed by atoms with Gasteiger partial charge in [-0.1, -0.05) is 24.3 Å². The lowest BCUT2D eigenvalue weighted by Crippen LogP contribution is -2.12. The molecular weight excluding hydrogens is 358 g/mol. The van der Waals surface area contributed by atoms with Crippen LogP contribution in [0.25, 0.3) is 0 Å². The number of rotatable bonds is 5. The first-order chi connectivity index (χ1) is 13.2. The summed E-state index contributed by atoms with van der Waals surface area (Å²) in [5.74, 6) is -0.249. The number of anilines is 3. The van der Waals surface area contributed by atoms with Crippen LogP contribution < -0.4 is 15.4 Å². The standard InChI is InChI=1S/C21H17N3O2S/c25-20-13-14-6-7-15(12-19(14)23-20)21(26)22-16-8-10-18(11-9-16)27-24-17-4-2-1-3-5-17/h1-12,24H,13H2,(H,22,26)(H,23,25). The third-order valence-corrected chi connectivity index (χ3v) is 5.02. The number of carbonyl (C=O) groups excluding carboxylic acids is 2. The van der Waals surface area contributed by atoms with Crippen LogP contribution in [0.5, 0.6) is 0 Å². The molecule has 5 nitrogen and oxygen atoms in total. The van der Waals surface area contributed by atoms with Gasteiger partial charge in [-0.3, -0.25) is 9.59 Å². The fourth-order valence-corrected chi connectivity index (χ4v) is 3.43. The average molecular weight is 375 g/mol. The Labute approximate surface area is 161 Å². The van der Waals surface area contributed by atoms with E-state index < -0.39 is 0 Å². The molecule has 0 aliphatic carbocycles. The number of carbonyl (C=O) groups is 2. The van der Waals surface area contributed by atoms with E-state index in [1.807, 2.05) is 60.7 Å². The van der Waals surface area contributed by atoms with Gasteiger partial charge in [-0.25, -0.2) is 0 Å². The second-order valence-corrected chi connectivity index (χ2v) is 7.03. The van der Waals surface area contributed by atoms with Gasteiger partial charge in [-0.05, 0) is 66.0 Å². The van der Waals surface area contributed by atoms with E-state index in [9.17, 15) is 9.59 Å². The van der Waals surface area contributed by atoms with Crippen LogP contribution in [0.4, 0.5) is 17.1 Å². The third kappa shape index (κ3) is 4.12. The monoisotopic (exact) mass is 375 g/mol. The van der Waals surface area contributed by atoms with Crippen molar-refractivity contribution in [3.05, 3.63) is 83.9 Å². The molecule has 3 N–H and O–H groups in total. The van der Waals surface area contributed by atoms with Crippen molar-refractivity contribution in [1.82, 2.24) is 0 Å². The van der Waals surface area contributed by atoms with Crippen molar-refractivity contribution in [2.24, 2.45) is 0 Å². The lowest BCUT2D eigenvalue weighted by Gasteiger charge is -2.08. The molecule has 0 unspecified atom stereocenters. The summed E-state index contributed by atoms with van der Waals surface area (Å²) in [6, 6.07) is 22.8. The molecule has 0 spiro atoms. The molecule has 1 aliphatic heterocycles. The van der Waals surface area contributed by atoms with Crippen molar-refractivity contribution >= 4 is 40.8 Å². The first-order valence-electron chi connectivity index (χ1n) is 8.49. The summed E-state index contributed by atoms with van der Waals surface area (Å²) in [5, 5.41) is 5.64. The van der Waals surface area contributed by atoms with Crippen LogP contribution in [0.2, 0.25) is 0 Å². The van der Waals surface area contributed by atoms with Gasteiger partial charge in [0.1, 0.15) is 0 Å². The van der Waals surface area contributed by atoms with Gasteiger partial charge in [0, 0.05) is 27.5 Å². The minimum absolute atomic E-state index is 0.0419. The molecule has 4 rings (SSSR count). The van der Waals surface area contributed by atoms with Crippen LogP contribution >= 0.6 is 11.9 Å². The van der Waals surface area contributed by atoms with Gasteiger partial charge in [0.15, 0.2) is 0 Å². The van der Waals surface area contributed by atoms with Crippen molar-refractivity contribution in [3.63, 3.8) is 0 Å². The molecule has 0 radical (unpaired) electrons. The van der Waals surface area contributed by atoms with E-state index in [2.05, 4.69) is 15.4 Å². The zero-order chi connectivity index (χ0) is 18.6. The fourth-order valence-electron chi connectivity index (χ4n) is 2.79. The molecule has 0 saturated carbocycles. The molecule has 0 atom stereocenters. The Bertz CT molecular complexity index is 988.